The lowest BCUT2D eigenvalue weighted by Crippen LogP contribution is -2.35. The normalized spacial score (nSPS) is 32.1. The molecule has 60 valence electrons. The van der Waals surface area contributed by atoms with Gasteiger partial charge in [0.15, 0.2) is 0 Å². The molecule has 0 amide bonds. The Balaban J connectivity index is 2.40. The monoisotopic (exact) mass is 143 g/mol. The van der Waals surface area contributed by atoms with Crippen LogP contribution in [0.4, 0.5) is 0 Å². The van der Waals surface area contributed by atoms with Gasteiger partial charge in [-0.15, -0.1) is 0 Å². The van der Waals surface area contributed by atoms with E-state index in [1.54, 1.807) is 0 Å². The Labute approximate surface area is 62.7 Å². The Morgan fingerprint density at radius 2 is 2.30 bits per heavy atom. The van der Waals surface area contributed by atoms with Crippen molar-refractivity contribution in [3.8, 4) is 0 Å². The van der Waals surface area contributed by atoms with E-state index in [0.717, 1.165) is 19.8 Å². The zero-order valence-corrected chi connectivity index (χ0v) is 6.89. The second kappa shape index (κ2) is 2.89. The molecular formula is C8H17NO. The Bertz CT molecular complexity index is 112. The van der Waals surface area contributed by atoms with Gasteiger partial charge in [-0.3, -0.25) is 0 Å². The standard InChI is InChI=1S/C8H17NO/c1-8(2)3-7(4-9)5-10-6-8/h7H,3-6,9H2,1-2H3. The molecule has 2 heteroatoms. The van der Waals surface area contributed by atoms with Crippen molar-refractivity contribution in [1.82, 2.24) is 0 Å². The molecule has 1 aliphatic heterocycles. The van der Waals surface area contributed by atoms with E-state index in [2.05, 4.69) is 13.8 Å². The van der Waals surface area contributed by atoms with Gasteiger partial charge in [0.05, 0.1) is 13.2 Å². The molecule has 2 nitrogen and oxygen atoms in total. The fourth-order valence-electron chi connectivity index (χ4n) is 1.55. The quantitative estimate of drug-likeness (QED) is 0.594. The summed E-state index contributed by atoms with van der Waals surface area (Å²) in [5.74, 6) is 0.587. The number of ether oxygens (including phenoxy) is 1. The van der Waals surface area contributed by atoms with Crippen LogP contribution in [0.1, 0.15) is 20.3 Å². The molecule has 0 saturated carbocycles. The molecular weight excluding hydrogens is 126 g/mol. The van der Waals surface area contributed by atoms with E-state index in [1.165, 1.54) is 6.42 Å². The van der Waals surface area contributed by atoms with E-state index in [9.17, 15) is 0 Å². The van der Waals surface area contributed by atoms with Gasteiger partial charge in [-0.25, -0.2) is 0 Å². The molecule has 10 heavy (non-hydrogen) atoms. The smallest absolute Gasteiger partial charge is 0.0517 e. The number of hydrogen-bond donors (Lipinski definition) is 1. The van der Waals surface area contributed by atoms with Gasteiger partial charge in [-0.2, -0.15) is 0 Å². The highest BCUT2D eigenvalue weighted by atomic mass is 16.5. The number of rotatable bonds is 1. The van der Waals surface area contributed by atoms with Gasteiger partial charge in [0, 0.05) is 0 Å². The molecule has 2 N–H and O–H groups in total. The lowest BCUT2D eigenvalue weighted by Gasteiger charge is -2.34. The molecule has 1 rings (SSSR count). The minimum atomic E-state index is 0.349. The summed E-state index contributed by atoms with van der Waals surface area (Å²) < 4.78 is 5.41. The predicted molar refractivity (Wildman–Crippen MR) is 41.8 cm³/mol. The first-order valence-electron chi connectivity index (χ1n) is 3.92. The van der Waals surface area contributed by atoms with Gasteiger partial charge < -0.3 is 10.5 Å². The highest BCUT2D eigenvalue weighted by Crippen LogP contribution is 2.29. The molecule has 1 unspecified atom stereocenters. The summed E-state index contributed by atoms with van der Waals surface area (Å²) in [6, 6.07) is 0. The highest BCUT2D eigenvalue weighted by Gasteiger charge is 2.27. The van der Waals surface area contributed by atoms with Crippen LogP contribution in [0.15, 0.2) is 0 Å². The van der Waals surface area contributed by atoms with E-state index < -0.39 is 0 Å². The van der Waals surface area contributed by atoms with E-state index >= 15 is 0 Å². The molecule has 0 spiro atoms. The van der Waals surface area contributed by atoms with Crippen molar-refractivity contribution in [2.75, 3.05) is 19.8 Å². The second-order valence-electron chi connectivity index (χ2n) is 3.99. The summed E-state index contributed by atoms with van der Waals surface area (Å²) in [5, 5.41) is 0. The summed E-state index contributed by atoms with van der Waals surface area (Å²) in [7, 11) is 0. The molecule has 0 aliphatic carbocycles. The summed E-state index contributed by atoms with van der Waals surface area (Å²) in [4.78, 5) is 0. The Morgan fingerprint density at radius 3 is 2.70 bits per heavy atom. The molecule has 0 radical (unpaired) electrons. The van der Waals surface area contributed by atoms with Gasteiger partial charge >= 0.3 is 0 Å². The largest absolute Gasteiger partial charge is 0.381 e. The van der Waals surface area contributed by atoms with Crippen LogP contribution < -0.4 is 5.73 Å². The van der Waals surface area contributed by atoms with E-state index in [4.69, 9.17) is 10.5 Å². The molecule has 1 aliphatic rings. The Kier molecular flexibility index (Phi) is 2.32. The third-order valence-corrected chi connectivity index (χ3v) is 2.02. The van der Waals surface area contributed by atoms with Crippen molar-refractivity contribution in [2.45, 2.75) is 20.3 Å². The number of hydrogen-bond acceptors (Lipinski definition) is 2. The van der Waals surface area contributed by atoms with E-state index in [1.807, 2.05) is 0 Å². The fourth-order valence-corrected chi connectivity index (χ4v) is 1.55. The first-order valence-corrected chi connectivity index (χ1v) is 3.92. The maximum Gasteiger partial charge on any atom is 0.0517 e. The molecule has 0 bridgehead atoms. The van der Waals surface area contributed by atoms with Gasteiger partial charge in [0.25, 0.3) is 0 Å². The lowest BCUT2D eigenvalue weighted by atomic mass is 9.82. The minimum Gasteiger partial charge on any atom is -0.381 e. The SMILES string of the molecule is CC1(C)COCC(CN)C1. The first-order chi connectivity index (χ1) is 4.64. The molecule has 1 heterocycles. The summed E-state index contributed by atoms with van der Waals surface area (Å²) in [6.45, 7) is 6.98. The molecule has 1 fully saturated rings. The van der Waals surface area contributed by atoms with Gasteiger partial charge in [0.2, 0.25) is 0 Å². The average Bonchev–Trinajstić information content (AvgIpc) is 1.86. The first kappa shape index (κ1) is 8.02. The highest BCUT2D eigenvalue weighted by molar-refractivity contribution is 4.77. The third-order valence-electron chi connectivity index (χ3n) is 2.02. The van der Waals surface area contributed by atoms with Gasteiger partial charge in [-0.05, 0) is 24.3 Å². The molecule has 0 aromatic rings. The summed E-state index contributed by atoms with van der Waals surface area (Å²) >= 11 is 0. The second-order valence-corrected chi connectivity index (χ2v) is 3.99. The molecule has 1 saturated heterocycles. The third kappa shape index (κ3) is 1.96. The minimum absolute atomic E-state index is 0.349. The van der Waals surface area contributed by atoms with Crippen LogP contribution in [0, 0.1) is 11.3 Å². The van der Waals surface area contributed by atoms with Crippen LogP contribution in [-0.4, -0.2) is 19.8 Å². The summed E-state index contributed by atoms with van der Waals surface area (Å²) in [5.41, 5.74) is 5.89. The fraction of sp³-hybridized carbons (Fsp3) is 1.00. The van der Waals surface area contributed by atoms with Crippen molar-refractivity contribution in [2.24, 2.45) is 17.1 Å². The van der Waals surface area contributed by atoms with E-state index in [-0.39, 0.29) is 0 Å². The van der Waals surface area contributed by atoms with Crippen molar-refractivity contribution in [3.63, 3.8) is 0 Å². The molecule has 1 atom stereocenters. The van der Waals surface area contributed by atoms with Gasteiger partial charge in [0.1, 0.15) is 0 Å². The molecule has 0 aromatic carbocycles. The zero-order valence-electron chi connectivity index (χ0n) is 6.89. The Morgan fingerprint density at radius 1 is 1.60 bits per heavy atom. The molecule has 0 aromatic heterocycles. The van der Waals surface area contributed by atoms with Crippen LogP contribution in [0.5, 0.6) is 0 Å². The van der Waals surface area contributed by atoms with E-state index in [0.29, 0.717) is 11.3 Å². The van der Waals surface area contributed by atoms with Crippen molar-refractivity contribution >= 4 is 0 Å². The maximum absolute atomic E-state index is 5.54. The van der Waals surface area contributed by atoms with Crippen molar-refractivity contribution < 1.29 is 4.74 Å². The van der Waals surface area contributed by atoms with Crippen molar-refractivity contribution in [1.29, 1.82) is 0 Å². The topological polar surface area (TPSA) is 35.2 Å². The van der Waals surface area contributed by atoms with Crippen LogP contribution in [0.3, 0.4) is 0 Å². The maximum atomic E-state index is 5.54. The predicted octanol–water partition coefficient (Wildman–Crippen LogP) is 1.01. The van der Waals surface area contributed by atoms with Crippen LogP contribution >= 0.6 is 0 Å². The number of nitrogens with two attached hydrogens (primary N) is 1. The lowest BCUT2D eigenvalue weighted by molar-refractivity contribution is -0.0215. The average molecular weight is 143 g/mol. The van der Waals surface area contributed by atoms with Gasteiger partial charge in [-0.1, -0.05) is 13.8 Å². The van der Waals surface area contributed by atoms with Crippen molar-refractivity contribution in [3.05, 3.63) is 0 Å². The zero-order chi connectivity index (χ0) is 7.61. The van der Waals surface area contributed by atoms with Crippen LogP contribution in [-0.2, 0) is 4.74 Å². The Hall–Kier alpha value is -0.0800. The summed E-state index contributed by atoms with van der Waals surface area (Å²) in [6.07, 6.45) is 1.21. The van der Waals surface area contributed by atoms with Crippen LogP contribution in [0.2, 0.25) is 0 Å². The van der Waals surface area contributed by atoms with Crippen LogP contribution in [0.25, 0.3) is 0 Å².